The van der Waals surface area contributed by atoms with Gasteiger partial charge in [-0.15, -0.1) is 0 Å². The second-order valence-corrected chi connectivity index (χ2v) is 20.3. The third kappa shape index (κ3) is 6.00. The summed E-state index contributed by atoms with van der Waals surface area (Å²) in [6.45, 7) is 0. The van der Waals surface area contributed by atoms with E-state index in [9.17, 15) is 0 Å². The van der Waals surface area contributed by atoms with Crippen LogP contribution >= 0.6 is 0 Å². The van der Waals surface area contributed by atoms with Gasteiger partial charge in [0.25, 0.3) is 0 Å². The molecule has 0 aliphatic heterocycles. The molecule has 12 rings (SSSR count). The Morgan fingerprint density at radius 1 is 0.222 bits per heavy atom. The highest BCUT2D eigenvalue weighted by atomic mass is 28.3. The highest BCUT2D eigenvalue weighted by Crippen LogP contribution is 2.37. The van der Waals surface area contributed by atoms with E-state index in [2.05, 4.69) is 264 Å². The fourth-order valence-corrected chi connectivity index (χ4v) is 15.1. The normalized spacial score (nSPS) is 11.8. The van der Waals surface area contributed by atoms with Crippen molar-refractivity contribution >= 4 is 72.4 Å². The Bertz CT molecular complexity index is 3500. The maximum atomic E-state index is 2.54. The molecule has 2 heterocycles. The summed E-state index contributed by atoms with van der Waals surface area (Å²) in [4.78, 5) is 0. The minimum absolute atomic E-state index is 1.15. The standard InChI is InChI=1S/C60H42N2Si/c1-6-20-43(21-7-1)45-38-46(44-22-8-2-9-23-44)40-52(39-45)63(49-26-12-4-13-27-49,50-28-14-5-15-29-50)51-35-37-60-56(42-51)54-31-17-19-33-58(54)62(60)48-34-36-59-55(41-48)53-30-16-18-32-57(53)61(59)47-24-10-3-11-25-47/h1-42H. The fourth-order valence-electron chi connectivity index (χ4n) is 10.3. The molecule has 3 heteroatoms. The van der Waals surface area contributed by atoms with Crippen LogP contribution in [0.25, 0.3) is 77.2 Å². The summed E-state index contributed by atoms with van der Waals surface area (Å²) in [6.07, 6.45) is 0. The molecule has 12 aromatic rings. The molecule has 0 atom stereocenters. The highest BCUT2D eigenvalue weighted by molar-refractivity contribution is 7.20. The van der Waals surface area contributed by atoms with Gasteiger partial charge in [0.05, 0.1) is 22.1 Å². The molecule has 0 N–H and O–H groups in total. The van der Waals surface area contributed by atoms with Crippen molar-refractivity contribution in [3.05, 3.63) is 255 Å². The first-order valence-electron chi connectivity index (χ1n) is 21.8. The zero-order chi connectivity index (χ0) is 41.7. The van der Waals surface area contributed by atoms with Gasteiger partial charge in [0.1, 0.15) is 0 Å². The van der Waals surface area contributed by atoms with Crippen molar-refractivity contribution in [3.8, 4) is 33.6 Å². The predicted molar refractivity (Wildman–Crippen MR) is 270 cm³/mol. The second kappa shape index (κ2) is 15.2. The van der Waals surface area contributed by atoms with Gasteiger partial charge in [-0.3, -0.25) is 0 Å². The number of aromatic nitrogens is 2. The van der Waals surface area contributed by atoms with Crippen molar-refractivity contribution in [2.75, 3.05) is 0 Å². The number of rotatable bonds is 8. The lowest BCUT2D eigenvalue weighted by atomic mass is 9.99. The van der Waals surface area contributed by atoms with Gasteiger partial charge < -0.3 is 9.13 Å². The summed E-state index contributed by atoms with van der Waals surface area (Å²) >= 11 is 0. The van der Waals surface area contributed by atoms with Crippen LogP contribution in [0.3, 0.4) is 0 Å². The lowest BCUT2D eigenvalue weighted by Gasteiger charge is -2.35. The lowest BCUT2D eigenvalue weighted by Crippen LogP contribution is -2.74. The molecule has 0 spiro atoms. The molecule has 0 aliphatic rings. The molecule has 0 saturated carbocycles. The van der Waals surface area contributed by atoms with Gasteiger partial charge >= 0.3 is 0 Å². The van der Waals surface area contributed by atoms with Crippen LogP contribution in [0, 0.1) is 0 Å². The fraction of sp³-hybridized carbons (Fsp3) is 0. The van der Waals surface area contributed by atoms with Gasteiger partial charge in [0.2, 0.25) is 0 Å². The van der Waals surface area contributed by atoms with E-state index >= 15 is 0 Å². The molecule has 0 bridgehead atoms. The Kier molecular flexibility index (Phi) is 8.87. The van der Waals surface area contributed by atoms with Crippen LogP contribution in [-0.4, -0.2) is 17.2 Å². The molecule has 0 fully saturated rings. The van der Waals surface area contributed by atoms with E-state index in [4.69, 9.17) is 0 Å². The maximum absolute atomic E-state index is 3.01. The summed E-state index contributed by atoms with van der Waals surface area (Å²) in [5, 5.41) is 10.4. The molecule has 0 unspecified atom stereocenters. The van der Waals surface area contributed by atoms with Crippen LogP contribution in [-0.2, 0) is 0 Å². The third-order valence-electron chi connectivity index (χ3n) is 13.0. The molecular weight excluding hydrogens is 777 g/mol. The van der Waals surface area contributed by atoms with Gasteiger partial charge in [-0.1, -0.05) is 200 Å². The van der Waals surface area contributed by atoms with E-state index in [0.717, 1.165) is 11.4 Å². The van der Waals surface area contributed by atoms with E-state index in [-0.39, 0.29) is 0 Å². The maximum Gasteiger partial charge on any atom is 0.179 e. The summed E-state index contributed by atoms with van der Waals surface area (Å²) < 4.78 is 4.86. The molecule has 0 saturated heterocycles. The van der Waals surface area contributed by atoms with Gasteiger partial charge in [-0.2, -0.15) is 0 Å². The van der Waals surface area contributed by atoms with Crippen LogP contribution in [0.1, 0.15) is 0 Å². The van der Waals surface area contributed by atoms with Crippen LogP contribution in [0.4, 0.5) is 0 Å². The van der Waals surface area contributed by atoms with Crippen molar-refractivity contribution < 1.29 is 0 Å². The largest absolute Gasteiger partial charge is 0.309 e. The molecular formula is C60H42N2Si. The van der Waals surface area contributed by atoms with Gasteiger partial charge in [-0.25, -0.2) is 0 Å². The Morgan fingerprint density at radius 2 is 0.635 bits per heavy atom. The molecule has 10 aromatic carbocycles. The van der Waals surface area contributed by atoms with Crippen molar-refractivity contribution in [3.63, 3.8) is 0 Å². The average molecular weight is 819 g/mol. The quantitative estimate of drug-likeness (QED) is 0.107. The van der Waals surface area contributed by atoms with Gasteiger partial charge in [-0.05, 0) is 97.6 Å². The lowest BCUT2D eigenvalue weighted by molar-refractivity contribution is 1.17. The third-order valence-corrected chi connectivity index (χ3v) is 17.8. The molecule has 2 aromatic heterocycles. The Hall–Kier alpha value is -7.98. The van der Waals surface area contributed by atoms with Gasteiger partial charge in [0.15, 0.2) is 8.07 Å². The Morgan fingerprint density at radius 3 is 1.17 bits per heavy atom. The number of fused-ring (bicyclic) bond motifs is 6. The zero-order valence-corrected chi connectivity index (χ0v) is 35.6. The minimum atomic E-state index is -3.01. The van der Waals surface area contributed by atoms with Crippen LogP contribution in [0.15, 0.2) is 255 Å². The summed E-state index contributed by atoms with van der Waals surface area (Å²) in [6, 6.07) is 94.5. The average Bonchev–Trinajstić information content (AvgIpc) is 3.88. The van der Waals surface area contributed by atoms with Crippen molar-refractivity contribution in [2.45, 2.75) is 0 Å². The highest BCUT2D eigenvalue weighted by Gasteiger charge is 2.42. The summed E-state index contributed by atoms with van der Waals surface area (Å²) in [5.74, 6) is 0. The van der Waals surface area contributed by atoms with Crippen molar-refractivity contribution in [1.29, 1.82) is 0 Å². The zero-order valence-electron chi connectivity index (χ0n) is 34.6. The Balaban J connectivity index is 1.14. The first-order chi connectivity index (χ1) is 31.3. The molecule has 63 heavy (non-hydrogen) atoms. The monoisotopic (exact) mass is 818 g/mol. The second-order valence-electron chi connectivity index (χ2n) is 16.5. The van der Waals surface area contributed by atoms with E-state index in [0.29, 0.717) is 0 Å². The van der Waals surface area contributed by atoms with Crippen LogP contribution in [0.2, 0.25) is 0 Å². The predicted octanol–water partition coefficient (Wildman–Crippen LogP) is 12.6. The van der Waals surface area contributed by atoms with Gasteiger partial charge in [0, 0.05) is 32.9 Å². The summed E-state index contributed by atoms with van der Waals surface area (Å²) in [5.41, 5.74) is 12.0. The van der Waals surface area contributed by atoms with E-state index in [1.807, 2.05) is 0 Å². The summed E-state index contributed by atoms with van der Waals surface area (Å²) in [7, 11) is -3.01. The number of para-hydroxylation sites is 3. The van der Waals surface area contributed by atoms with Crippen molar-refractivity contribution in [1.82, 2.24) is 9.13 Å². The molecule has 0 radical (unpaired) electrons. The minimum Gasteiger partial charge on any atom is -0.309 e. The molecule has 296 valence electrons. The van der Waals surface area contributed by atoms with E-state index < -0.39 is 8.07 Å². The smallest absolute Gasteiger partial charge is 0.179 e. The molecule has 2 nitrogen and oxygen atoms in total. The number of nitrogens with zero attached hydrogens (tertiary/aromatic N) is 2. The van der Waals surface area contributed by atoms with Crippen LogP contribution in [0.5, 0.6) is 0 Å². The SMILES string of the molecule is c1ccc(-c2cc(-c3ccccc3)cc([Si](c3ccccc3)(c3ccccc3)c3ccc4c(c3)c3ccccc3n4-c3ccc4c(c3)c3ccccc3n4-c3ccccc3)c2)cc1. The Labute approximate surface area is 368 Å². The van der Waals surface area contributed by atoms with Crippen molar-refractivity contribution in [2.24, 2.45) is 0 Å². The number of hydrogen-bond donors (Lipinski definition) is 0. The first-order valence-corrected chi connectivity index (χ1v) is 23.8. The molecule has 0 amide bonds. The van der Waals surface area contributed by atoms with Crippen LogP contribution < -0.4 is 20.7 Å². The number of benzene rings is 10. The topological polar surface area (TPSA) is 9.86 Å². The van der Waals surface area contributed by atoms with E-state index in [1.165, 1.54) is 86.6 Å². The number of hydrogen-bond acceptors (Lipinski definition) is 0. The van der Waals surface area contributed by atoms with E-state index in [1.54, 1.807) is 0 Å². The first kappa shape index (κ1) is 36.8. The molecule has 0 aliphatic carbocycles.